The number of carbonyl (C=O) groups is 2. The lowest BCUT2D eigenvalue weighted by Gasteiger charge is -2.29. The summed E-state index contributed by atoms with van der Waals surface area (Å²) < 4.78 is 0. The normalized spacial score (nSPS) is 14.5. The fraction of sp³-hybridized carbons (Fsp3) is 0.529. The molecule has 23 heavy (non-hydrogen) atoms. The minimum Gasteiger partial charge on any atom is -0.481 e. The zero-order valence-electron chi connectivity index (χ0n) is 13.8. The van der Waals surface area contributed by atoms with Crippen molar-refractivity contribution >= 4 is 23.4 Å². The number of hydrogen-bond acceptors (Lipinski definition) is 3. The second kappa shape index (κ2) is 7.85. The fourth-order valence-corrected chi connectivity index (χ4v) is 2.95. The Hall–Kier alpha value is -2.24. The molecule has 6 nitrogen and oxygen atoms in total. The van der Waals surface area contributed by atoms with E-state index in [1.807, 2.05) is 24.3 Å². The maximum Gasteiger partial charge on any atom is 0.321 e. The van der Waals surface area contributed by atoms with Gasteiger partial charge in [-0.25, -0.2) is 4.79 Å². The average Bonchev–Trinajstić information content (AvgIpc) is 3.06. The second-order valence-electron chi connectivity index (χ2n) is 6.06. The van der Waals surface area contributed by atoms with Crippen LogP contribution in [0.15, 0.2) is 24.3 Å². The van der Waals surface area contributed by atoms with E-state index in [9.17, 15) is 9.59 Å². The average molecular weight is 319 g/mol. The Morgan fingerprint density at radius 1 is 1.22 bits per heavy atom. The van der Waals surface area contributed by atoms with Gasteiger partial charge in [0.2, 0.25) is 0 Å². The first kappa shape index (κ1) is 17.1. The number of para-hydroxylation sites is 2. The standard InChI is InChI=1S/C17H25N3O3/c1-19(12-11-16(21)22)17(23)18-14-9-5-6-10-15(14)20(2)13-7-3-4-8-13/h5-6,9-10,13H,3-4,7-8,11-12H2,1-2H3,(H,18,23)(H,21,22). The Morgan fingerprint density at radius 2 is 1.87 bits per heavy atom. The van der Waals surface area contributed by atoms with Crippen LogP contribution in [0.25, 0.3) is 0 Å². The van der Waals surface area contributed by atoms with E-state index in [1.54, 1.807) is 7.05 Å². The molecule has 0 aliphatic heterocycles. The first-order chi connectivity index (χ1) is 11.0. The summed E-state index contributed by atoms with van der Waals surface area (Å²) in [6, 6.07) is 7.95. The zero-order valence-corrected chi connectivity index (χ0v) is 13.8. The quantitative estimate of drug-likeness (QED) is 0.845. The van der Waals surface area contributed by atoms with Crippen molar-refractivity contribution < 1.29 is 14.7 Å². The predicted molar refractivity (Wildman–Crippen MR) is 91.0 cm³/mol. The number of urea groups is 1. The second-order valence-corrected chi connectivity index (χ2v) is 6.06. The fourth-order valence-electron chi connectivity index (χ4n) is 2.95. The van der Waals surface area contributed by atoms with Crippen LogP contribution >= 0.6 is 0 Å². The first-order valence-corrected chi connectivity index (χ1v) is 8.05. The van der Waals surface area contributed by atoms with Gasteiger partial charge in [0.05, 0.1) is 17.8 Å². The van der Waals surface area contributed by atoms with Crippen LogP contribution in [0.4, 0.5) is 16.2 Å². The highest BCUT2D eigenvalue weighted by Gasteiger charge is 2.22. The Balaban J connectivity index is 2.04. The maximum atomic E-state index is 12.2. The third-order valence-corrected chi connectivity index (χ3v) is 4.41. The maximum absolute atomic E-state index is 12.2. The molecule has 1 fully saturated rings. The van der Waals surface area contributed by atoms with Gasteiger partial charge in [-0.1, -0.05) is 25.0 Å². The molecule has 126 valence electrons. The van der Waals surface area contributed by atoms with E-state index in [0.29, 0.717) is 6.04 Å². The molecule has 2 rings (SSSR count). The molecule has 1 aliphatic carbocycles. The first-order valence-electron chi connectivity index (χ1n) is 8.05. The summed E-state index contributed by atoms with van der Waals surface area (Å²) in [6.07, 6.45) is 4.80. The number of nitrogens with one attached hydrogen (secondary N) is 1. The lowest BCUT2D eigenvalue weighted by molar-refractivity contribution is -0.137. The topological polar surface area (TPSA) is 72.9 Å². The number of benzene rings is 1. The number of hydrogen-bond donors (Lipinski definition) is 2. The number of aliphatic carboxylic acids is 1. The molecule has 1 aromatic rings. The van der Waals surface area contributed by atoms with Crippen molar-refractivity contribution in [3.05, 3.63) is 24.3 Å². The van der Waals surface area contributed by atoms with Gasteiger partial charge in [-0.3, -0.25) is 4.79 Å². The van der Waals surface area contributed by atoms with Gasteiger partial charge in [0.25, 0.3) is 0 Å². The van der Waals surface area contributed by atoms with Crippen LogP contribution in [0.1, 0.15) is 32.1 Å². The molecule has 1 aliphatic rings. The van der Waals surface area contributed by atoms with Gasteiger partial charge in [0.15, 0.2) is 0 Å². The van der Waals surface area contributed by atoms with Crippen LogP contribution in [0.2, 0.25) is 0 Å². The molecular formula is C17H25N3O3. The van der Waals surface area contributed by atoms with Gasteiger partial charge in [-0.05, 0) is 25.0 Å². The number of nitrogens with zero attached hydrogens (tertiary/aromatic N) is 2. The Bertz CT molecular complexity index is 556. The molecule has 6 heteroatoms. The summed E-state index contributed by atoms with van der Waals surface area (Å²) >= 11 is 0. The molecule has 0 unspecified atom stereocenters. The van der Waals surface area contributed by atoms with Gasteiger partial charge in [-0.15, -0.1) is 0 Å². The van der Waals surface area contributed by atoms with E-state index < -0.39 is 5.97 Å². The van der Waals surface area contributed by atoms with Crippen LogP contribution in [0.3, 0.4) is 0 Å². The molecule has 1 aromatic carbocycles. The monoisotopic (exact) mass is 319 g/mol. The Labute approximate surface area is 137 Å². The lowest BCUT2D eigenvalue weighted by atomic mass is 10.1. The van der Waals surface area contributed by atoms with Crippen LogP contribution < -0.4 is 10.2 Å². The number of rotatable bonds is 6. The molecule has 1 saturated carbocycles. The van der Waals surface area contributed by atoms with Crippen molar-refractivity contribution in [2.24, 2.45) is 0 Å². The van der Waals surface area contributed by atoms with E-state index >= 15 is 0 Å². The van der Waals surface area contributed by atoms with E-state index in [-0.39, 0.29) is 19.0 Å². The summed E-state index contributed by atoms with van der Waals surface area (Å²) in [5, 5.41) is 11.6. The number of carbonyl (C=O) groups excluding carboxylic acids is 1. The van der Waals surface area contributed by atoms with E-state index in [4.69, 9.17) is 5.11 Å². The molecule has 2 N–H and O–H groups in total. The van der Waals surface area contributed by atoms with E-state index in [1.165, 1.54) is 30.6 Å². The smallest absolute Gasteiger partial charge is 0.321 e. The highest BCUT2D eigenvalue weighted by molar-refractivity contribution is 5.93. The van der Waals surface area contributed by atoms with Gasteiger partial charge in [-0.2, -0.15) is 0 Å². The molecule has 0 spiro atoms. The van der Waals surface area contributed by atoms with Crippen molar-refractivity contribution in [1.29, 1.82) is 0 Å². The minimum absolute atomic E-state index is 0.0620. The van der Waals surface area contributed by atoms with Gasteiger partial charge in [0.1, 0.15) is 0 Å². The number of amides is 2. The molecule has 0 radical (unpaired) electrons. The zero-order chi connectivity index (χ0) is 16.8. The van der Waals surface area contributed by atoms with Crippen LogP contribution in [0.5, 0.6) is 0 Å². The summed E-state index contributed by atoms with van der Waals surface area (Å²) in [4.78, 5) is 26.5. The van der Waals surface area contributed by atoms with Crippen molar-refractivity contribution in [2.75, 3.05) is 30.9 Å². The van der Waals surface area contributed by atoms with Crippen molar-refractivity contribution in [3.63, 3.8) is 0 Å². The molecule has 0 saturated heterocycles. The van der Waals surface area contributed by atoms with Crippen LogP contribution in [0, 0.1) is 0 Å². The van der Waals surface area contributed by atoms with Crippen LogP contribution in [-0.4, -0.2) is 48.7 Å². The van der Waals surface area contributed by atoms with Gasteiger partial charge < -0.3 is 20.2 Å². The largest absolute Gasteiger partial charge is 0.481 e. The molecule has 0 bridgehead atoms. The number of carboxylic acids is 1. The summed E-state index contributed by atoms with van der Waals surface area (Å²) in [7, 11) is 3.66. The van der Waals surface area contributed by atoms with Gasteiger partial charge >= 0.3 is 12.0 Å². The van der Waals surface area contributed by atoms with Gasteiger partial charge in [0, 0.05) is 26.7 Å². The molecule has 2 amide bonds. The molecule has 0 heterocycles. The summed E-state index contributed by atoms with van der Waals surface area (Å²) in [5.41, 5.74) is 1.76. The van der Waals surface area contributed by atoms with Crippen molar-refractivity contribution in [2.45, 2.75) is 38.1 Å². The minimum atomic E-state index is -0.911. The van der Waals surface area contributed by atoms with E-state index in [2.05, 4.69) is 17.3 Å². The van der Waals surface area contributed by atoms with Crippen molar-refractivity contribution in [1.82, 2.24) is 4.90 Å². The highest BCUT2D eigenvalue weighted by atomic mass is 16.4. The summed E-state index contributed by atoms with van der Waals surface area (Å²) in [5.74, 6) is -0.911. The number of anilines is 2. The lowest BCUT2D eigenvalue weighted by Crippen LogP contribution is -2.34. The third-order valence-electron chi connectivity index (χ3n) is 4.41. The van der Waals surface area contributed by atoms with Crippen LogP contribution in [-0.2, 0) is 4.79 Å². The Morgan fingerprint density at radius 3 is 2.52 bits per heavy atom. The molecule has 0 aromatic heterocycles. The van der Waals surface area contributed by atoms with E-state index in [0.717, 1.165) is 11.4 Å². The SMILES string of the molecule is CN(CCC(=O)O)C(=O)Nc1ccccc1N(C)C1CCCC1. The highest BCUT2D eigenvalue weighted by Crippen LogP contribution is 2.31. The third kappa shape index (κ3) is 4.61. The molecule has 0 atom stereocenters. The number of carboxylic acid groups (broad SMARTS) is 1. The summed E-state index contributed by atoms with van der Waals surface area (Å²) in [6.45, 7) is 0.182. The van der Waals surface area contributed by atoms with Crippen molar-refractivity contribution in [3.8, 4) is 0 Å². The predicted octanol–water partition coefficient (Wildman–Crippen LogP) is 3.00. The molecular weight excluding hydrogens is 294 g/mol. The Kier molecular flexibility index (Phi) is 5.84.